The van der Waals surface area contributed by atoms with Crippen LogP contribution in [0.25, 0.3) is 0 Å². The molecule has 1 amide bonds. The molecule has 114 valence electrons. The molecular weight excluding hydrogens is 348 g/mol. The summed E-state index contributed by atoms with van der Waals surface area (Å²) >= 11 is 3.37. The minimum Gasteiger partial charge on any atom is -0.495 e. The lowest BCUT2D eigenvalue weighted by Crippen LogP contribution is -2.26. The van der Waals surface area contributed by atoms with E-state index in [0.717, 1.165) is 13.0 Å². The molecule has 1 aromatic carbocycles. The highest BCUT2D eigenvalue weighted by Crippen LogP contribution is 2.35. The van der Waals surface area contributed by atoms with E-state index in [2.05, 4.69) is 26.6 Å². The second-order valence-corrected chi connectivity index (χ2v) is 4.70. The number of carbonyl (C=O) groups excluding carboxylic acids is 1. The van der Waals surface area contributed by atoms with Crippen LogP contribution in [0.3, 0.4) is 0 Å². The Bertz CT molecular complexity index is 419. The smallest absolute Gasteiger partial charge is 0.251 e. The number of nitrogens with one attached hydrogen (secondary N) is 2. The standard InChI is InChI=1S/C13H19BrN2O3.ClH/c1-15-5-4-6-16-13(17)9-7-10(18-2)12(14)11(8-9)19-3;/h7-8,15H,4-6H2,1-3H3,(H,16,17);1H. The van der Waals surface area contributed by atoms with Gasteiger partial charge in [0.2, 0.25) is 0 Å². The normalized spacial score (nSPS) is 9.60. The van der Waals surface area contributed by atoms with Crippen molar-refractivity contribution in [2.75, 3.05) is 34.4 Å². The zero-order chi connectivity index (χ0) is 14.3. The van der Waals surface area contributed by atoms with Crippen LogP contribution in [0.4, 0.5) is 0 Å². The highest BCUT2D eigenvalue weighted by Gasteiger charge is 2.14. The van der Waals surface area contributed by atoms with Gasteiger partial charge in [-0.1, -0.05) is 0 Å². The van der Waals surface area contributed by atoms with Crippen LogP contribution in [-0.2, 0) is 0 Å². The Balaban J connectivity index is 0.00000361. The van der Waals surface area contributed by atoms with Crippen molar-refractivity contribution in [1.29, 1.82) is 0 Å². The van der Waals surface area contributed by atoms with Crippen LogP contribution in [0.2, 0.25) is 0 Å². The van der Waals surface area contributed by atoms with Crippen LogP contribution in [0.15, 0.2) is 16.6 Å². The third kappa shape index (κ3) is 5.19. The highest BCUT2D eigenvalue weighted by molar-refractivity contribution is 9.10. The molecule has 1 rings (SSSR count). The van der Waals surface area contributed by atoms with Gasteiger partial charge in [0.05, 0.1) is 14.2 Å². The predicted molar refractivity (Wildman–Crippen MR) is 85.4 cm³/mol. The van der Waals surface area contributed by atoms with E-state index in [0.29, 0.717) is 28.1 Å². The third-order valence-electron chi connectivity index (χ3n) is 2.60. The van der Waals surface area contributed by atoms with Crippen molar-refractivity contribution in [3.8, 4) is 11.5 Å². The first-order valence-electron chi connectivity index (χ1n) is 5.98. The maximum Gasteiger partial charge on any atom is 0.251 e. The maximum atomic E-state index is 12.0. The number of methoxy groups -OCH3 is 2. The molecule has 2 N–H and O–H groups in total. The van der Waals surface area contributed by atoms with Crippen molar-refractivity contribution in [2.45, 2.75) is 6.42 Å². The first-order valence-corrected chi connectivity index (χ1v) is 6.77. The number of ether oxygens (including phenoxy) is 2. The highest BCUT2D eigenvalue weighted by atomic mass is 79.9. The fourth-order valence-corrected chi connectivity index (χ4v) is 2.12. The fraction of sp³-hybridized carbons (Fsp3) is 0.462. The fourth-order valence-electron chi connectivity index (χ4n) is 1.57. The summed E-state index contributed by atoms with van der Waals surface area (Å²) in [7, 11) is 4.98. The summed E-state index contributed by atoms with van der Waals surface area (Å²) in [5, 5.41) is 5.88. The molecule has 7 heteroatoms. The van der Waals surface area contributed by atoms with Crippen molar-refractivity contribution in [1.82, 2.24) is 10.6 Å². The van der Waals surface area contributed by atoms with E-state index in [9.17, 15) is 4.79 Å². The SMILES string of the molecule is CNCCCNC(=O)c1cc(OC)c(Br)c(OC)c1.Cl. The molecule has 0 unspecified atom stereocenters. The first kappa shape index (κ1) is 19.0. The van der Waals surface area contributed by atoms with E-state index in [4.69, 9.17) is 9.47 Å². The molecule has 5 nitrogen and oxygen atoms in total. The molecule has 0 saturated carbocycles. The van der Waals surface area contributed by atoms with E-state index in [-0.39, 0.29) is 18.3 Å². The quantitative estimate of drug-likeness (QED) is 0.726. The predicted octanol–water partition coefficient (Wildman–Crippen LogP) is 2.23. The number of hydrogen-bond donors (Lipinski definition) is 2. The Kier molecular flexibility index (Phi) is 9.37. The van der Waals surface area contributed by atoms with Gasteiger partial charge in [-0.2, -0.15) is 0 Å². The molecule has 0 heterocycles. The molecule has 0 aliphatic heterocycles. The van der Waals surface area contributed by atoms with Gasteiger partial charge in [-0.3, -0.25) is 4.79 Å². The molecule has 0 atom stereocenters. The molecule has 0 aliphatic carbocycles. The largest absolute Gasteiger partial charge is 0.495 e. The molecule has 0 radical (unpaired) electrons. The van der Waals surface area contributed by atoms with Gasteiger partial charge in [0.15, 0.2) is 0 Å². The second-order valence-electron chi connectivity index (χ2n) is 3.91. The summed E-state index contributed by atoms with van der Waals surface area (Å²) in [6.45, 7) is 1.49. The van der Waals surface area contributed by atoms with Crippen molar-refractivity contribution >= 4 is 34.2 Å². The van der Waals surface area contributed by atoms with Crippen LogP contribution in [-0.4, -0.2) is 40.3 Å². The second kappa shape index (κ2) is 9.85. The molecule has 0 saturated heterocycles. The Morgan fingerprint density at radius 2 is 1.75 bits per heavy atom. The summed E-state index contributed by atoms with van der Waals surface area (Å²) in [5.41, 5.74) is 0.515. The minimum atomic E-state index is -0.139. The Morgan fingerprint density at radius 3 is 2.20 bits per heavy atom. The van der Waals surface area contributed by atoms with E-state index in [1.165, 1.54) is 0 Å². The average molecular weight is 368 g/mol. The summed E-state index contributed by atoms with van der Waals surface area (Å²) in [4.78, 5) is 12.0. The van der Waals surface area contributed by atoms with Gasteiger partial charge in [-0.15, -0.1) is 12.4 Å². The Morgan fingerprint density at radius 1 is 1.20 bits per heavy atom. The van der Waals surface area contributed by atoms with Gasteiger partial charge in [-0.05, 0) is 48.1 Å². The van der Waals surface area contributed by atoms with Crippen molar-refractivity contribution in [2.24, 2.45) is 0 Å². The van der Waals surface area contributed by atoms with Gasteiger partial charge in [0.25, 0.3) is 5.91 Å². The van der Waals surface area contributed by atoms with Gasteiger partial charge in [0.1, 0.15) is 16.0 Å². The van der Waals surface area contributed by atoms with Crippen LogP contribution in [0, 0.1) is 0 Å². The molecule has 0 fully saturated rings. The van der Waals surface area contributed by atoms with Crippen LogP contribution >= 0.6 is 28.3 Å². The lowest BCUT2D eigenvalue weighted by molar-refractivity contribution is 0.0952. The van der Waals surface area contributed by atoms with Gasteiger partial charge in [-0.25, -0.2) is 0 Å². The van der Waals surface area contributed by atoms with Gasteiger partial charge in [0, 0.05) is 12.1 Å². The summed E-state index contributed by atoms with van der Waals surface area (Å²) in [5.74, 6) is 1.000. The van der Waals surface area contributed by atoms with Gasteiger partial charge < -0.3 is 20.1 Å². The zero-order valence-corrected chi connectivity index (χ0v) is 14.2. The first-order chi connectivity index (χ1) is 9.13. The molecular formula is C13H20BrClN2O3. The number of amides is 1. The zero-order valence-electron chi connectivity index (χ0n) is 11.8. The Hall–Kier alpha value is -0.980. The van der Waals surface area contributed by atoms with Crippen LogP contribution < -0.4 is 20.1 Å². The lowest BCUT2D eigenvalue weighted by atomic mass is 10.2. The monoisotopic (exact) mass is 366 g/mol. The molecule has 20 heavy (non-hydrogen) atoms. The van der Waals surface area contributed by atoms with Crippen LogP contribution in [0.1, 0.15) is 16.8 Å². The van der Waals surface area contributed by atoms with Gasteiger partial charge >= 0.3 is 0 Å². The van der Waals surface area contributed by atoms with Crippen LogP contribution in [0.5, 0.6) is 11.5 Å². The summed E-state index contributed by atoms with van der Waals surface area (Å²) in [6.07, 6.45) is 0.882. The number of halogens is 2. The maximum absolute atomic E-state index is 12.0. The number of hydrogen-bond acceptors (Lipinski definition) is 4. The Labute approximate surface area is 133 Å². The lowest BCUT2D eigenvalue weighted by Gasteiger charge is -2.11. The van der Waals surface area contributed by atoms with Crippen molar-refractivity contribution in [3.63, 3.8) is 0 Å². The number of carbonyl (C=O) groups is 1. The number of benzene rings is 1. The minimum absolute atomic E-state index is 0. The van der Waals surface area contributed by atoms with E-state index >= 15 is 0 Å². The van der Waals surface area contributed by atoms with E-state index in [1.54, 1.807) is 26.4 Å². The van der Waals surface area contributed by atoms with Crippen molar-refractivity contribution in [3.05, 3.63) is 22.2 Å². The average Bonchev–Trinajstić information content (AvgIpc) is 2.43. The summed E-state index contributed by atoms with van der Waals surface area (Å²) in [6, 6.07) is 3.36. The van der Waals surface area contributed by atoms with E-state index in [1.807, 2.05) is 7.05 Å². The summed E-state index contributed by atoms with van der Waals surface area (Å²) < 4.78 is 11.1. The third-order valence-corrected chi connectivity index (χ3v) is 3.38. The molecule has 0 spiro atoms. The molecule has 0 aromatic heterocycles. The van der Waals surface area contributed by atoms with Crippen molar-refractivity contribution < 1.29 is 14.3 Å². The topological polar surface area (TPSA) is 59.6 Å². The number of rotatable bonds is 7. The molecule has 1 aromatic rings. The van der Waals surface area contributed by atoms with E-state index < -0.39 is 0 Å². The molecule has 0 aliphatic rings. The molecule has 0 bridgehead atoms.